The van der Waals surface area contributed by atoms with E-state index in [1.807, 2.05) is 0 Å². The maximum atomic E-state index is 12.1. The average Bonchev–Trinajstić information content (AvgIpc) is 2.54. The lowest BCUT2D eigenvalue weighted by molar-refractivity contribution is -0.119. The Labute approximate surface area is 152 Å². The van der Waals surface area contributed by atoms with Crippen LogP contribution in [0.2, 0.25) is 5.02 Å². The summed E-state index contributed by atoms with van der Waals surface area (Å²) in [5, 5.41) is 4.43. The van der Waals surface area contributed by atoms with Gasteiger partial charge in [0.2, 0.25) is 10.0 Å². The Balaban J connectivity index is 2.08. The lowest BCUT2D eigenvalue weighted by Crippen LogP contribution is -2.39. The van der Waals surface area contributed by atoms with E-state index in [1.54, 1.807) is 55.5 Å². The van der Waals surface area contributed by atoms with Gasteiger partial charge in [-0.15, -0.1) is 0 Å². The second-order valence-electron chi connectivity index (χ2n) is 5.40. The zero-order valence-corrected chi connectivity index (χ0v) is 15.4. The van der Waals surface area contributed by atoms with Crippen LogP contribution in [0.4, 0.5) is 5.69 Å². The molecule has 2 aromatic rings. The maximum absolute atomic E-state index is 12.1. The Morgan fingerprint density at radius 3 is 2.44 bits per heavy atom. The maximum Gasteiger partial charge on any atom is 0.260 e. The fourth-order valence-corrected chi connectivity index (χ4v) is 3.16. The van der Waals surface area contributed by atoms with E-state index in [4.69, 9.17) is 11.6 Å². The van der Waals surface area contributed by atoms with Crippen LogP contribution >= 0.6 is 11.6 Å². The van der Waals surface area contributed by atoms with E-state index in [0.29, 0.717) is 10.7 Å². The highest BCUT2D eigenvalue weighted by atomic mass is 35.5. The van der Waals surface area contributed by atoms with Crippen molar-refractivity contribution >= 4 is 39.4 Å². The number of hydrogen-bond acceptors (Lipinski definition) is 4. The fraction of sp³-hybridized carbons (Fsp3) is 0.176. The van der Waals surface area contributed by atoms with Gasteiger partial charge < -0.3 is 0 Å². The lowest BCUT2D eigenvalue weighted by Gasteiger charge is -2.23. The first-order valence-electron chi connectivity index (χ1n) is 7.38. The van der Waals surface area contributed by atoms with E-state index in [9.17, 15) is 13.2 Å². The van der Waals surface area contributed by atoms with Gasteiger partial charge in [0.05, 0.1) is 18.2 Å². The number of halogens is 1. The molecule has 0 aliphatic heterocycles. The molecule has 0 spiro atoms. The highest BCUT2D eigenvalue weighted by Crippen LogP contribution is 2.21. The van der Waals surface area contributed by atoms with Crippen molar-refractivity contribution in [3.63, 3.8) is 0 Å². The number of para-hydroxylation sites is 1. The van der Waals surface area contributed by atoms with E-state index >= 15 is 0 Å². The number of hydrogen-bond donors (Lipinski definition) is 1. The zero-order valence-electron chi connectivity index (χ0n) is 13.8. The van der Waals surface area contributed by atoms with E-state index in [2.05, 4.69) is 10.5 Å². The molecule has 2 rings (SSSR count). The standard InChI is InChI=1S/C17H18ClN3O3S/c1-13-5-3-4-6-16(13)21(25(2,23)24)12-17(22)20-19-11-14-7-9-15(18)10-8-14/h3-11H,12H2,1-2H3,(H,20,22)/b19-11-. The molecule has 1 amide bonds. The normalized spacial score (nSPS) is 11.5. The van der Waals surface area contributed by atoms with Gasteiger partial charge in [-0.25, -0.2) is 13.8 Å². The SMILES string of the molecule is Cc1ccccc1N(CC(=O)N/N=C\c1ccc(Cl)cc1)S(C)(=O)=O. The van der Waals surface area contributed by atoms with Gasteiger partial charge in [0.25, 0.3) is 5.91 Å². The summed E-state index contributed by atoms with van der Waals surface area (Å²) in [5.41, 5.74) is 4.30. The van der Waals surface area contributed by atoms with E-state index in [-0.39, 0.29) is 6.54 Å². The summed E-state index contributed by atoms with van der Waals surface area (Å²) in [4.78, 5) is 12.1. The Morgan fingerprint density at radius 2 is 1.84 bits per heavy atom. The number of benzene rings is 2. The van der Waals surface area contributed by atoms with Crippen LogP contribution in [0.1, 0.15) is 11.1 Å². The molecule has 0 fully saturated rings. The van der Waals surface area contributed by atoms with Gasteiger partial charge in [-0.2, -0.15) is 5.10 Å². The number of amides is 1. The Kier molecular flexibility index (Phi) is 6.17. The second-order valence-corrected chi connectivity index (χ2v) is 7.74. The number of hydrazone groups is 1. The molecule has 0 saturated carbocycles. The van der Waals surface area contributed by atoms with Crippen LogP contribution in [0.5, 0.6) is 0 Å². The smallest absolute Gasteiger partial charge is 0.260 e. The summed E-state index contributed by atoms with van der Waals surface area (Å²) in [5.74, 6) is -0.543. The molecule has 0 saturated heterocycles. The number of sulfonamides is 1. The largest absolute Gasteiger partial charge is 0.271 e. The van der Waals surface area contributed by atoms with Gasteiger partial charge in [0.1, 0.15) is 6.54 Å². The van der Waals surface area contributed by atoms with Crippen LogP contribution in [0.25, 0.3) is 0 Å². The molecular formula is C17H18ClN3O3S. The first-order valence-corrected chi connectivity index (χ1v) is 9.61. The highest BCUT2D eigenvalue weighted by Gasteiger charge is 2.21. The molecule has 0 unspecified atom stereocenters. The van der Waals surface area contributed by atoms with Gasteiger partial charge in [0, 0.05) is 5.02 Å². The monoisotopic (exact) mass is 379 g/mol. The van der Waals surface area contributed by atoms with Gasteiger partial charge in [-0.3, -0.25) is 9.10 Å². The third-order valence-corrected chi connectivity index (χ3v) is 4.72. The summed E-state index contributed by atoms with van der Waals surface area (Å²) >= 11 is 5.79. The molecule has 0 aliphatic carbocycles. The minimum absolute atomic E-state index is 0.359. The number of carbonyl (C=O) groups excluding carboxylic acids is 1. The van der Waals surface area contributed by atoms with Crippen LogP contribution in [0.15, 0.2) is 53.6 Å². The van der Waals surface area contributed by atoms with Gasteiger partial charge in [0.15, 0.2) is 0 Å². The second kappa shape index (κ2) is 8.13. The van der Waals surface area contributed by atoms with Gasteiger partial charge in [-0.1, -0.05) is 41.9 Å². The van der Waals surface area contributed by atoms with Crippen LogP contribution in [0, 0.1) is 6.92 Å². The van der Waals surface area contributed by atoms with Crippen molar-refractivity contribution in [1.29, 1.82) is 0 Å². The number of carbonyl (C=O) groups is 1. The predicted octanol–water partition coefficient (Wildman–Crippen LogP) is 2.56. The molecule has 0 aromatic heterocycles. The van der Waals surface area contributed by atoms with Crippen molar-refractivity contribution < 1.29 is 13.2 Å². The molecule has 6 nitrogen and oxygen atoms in total. The lowest BCUT2D eigenvalue weighted by atomic mass is 10.2. The number of nitrogens with zero attached hydrogens (tertiary/aromatic N) is 2. The summed E-state index contributed by atoms with van der Waals surface area (Å²) in [6.45, 7) is 1.42. The molecule has 1 N–H and O–H groups in total. The van der Waals surface area contributed by atoms with Crippen molar-refractivity contribution in [2.45, 2.75) is 6.92 Å². The zero-order chi connectivity index (χ0) is 18.4. The van der Waals surface area contributed by atoms with Crippen molar-refractivity contribution in [2.24, 2.45) is 5.10 Å². The van der Waals surface area contributed by atoms with Crippen LogP contribution < -0.4 is 9.73 Å². The molecule has 0 atom stereocenters. The van der Waals surface area contributed by atoms with E-state index in [0.717, 1.165) is 21.7 Å². The summed E-state index contributed by atoms with van der Waals surface area (Å²) in [7, 11) is -3.61. The highest BCUT2D eigenvalue weighted by molar-refractivity contribution is 7.92. The van der Waals surface area contributed by atoms with Crippen LogP contribution in [0.3, 0.4) is 0 Å². The molecule has 0 heterocycles. The quantitative estimate of drug-likeness (QED) is 0.618. The number of rotatable bonds is 6. The minimum atomic E-state index is -3.61. The molecule has 0 radical (unpaired) electrons. The molecule has 0 aliphatic rings. The third kappa shape index (κ3) is 5.58. The molecule has 2 aromatic carbocycles. The van der Waals surface area contributed by atoms with E-state index in [1.165, 1.54) is 6.21 Å². The van der Waals surface area contributed by atoms with Crippen LogP contribution in [-0.2, 0) is 14.8 Å². The first-order chi connectivity index (χ1) is 11.8. The minimum Gasteiger partial charge on any atom is -0.271 e. The molecule has 0 bridgehead atoms. The molecule has 132 valence electrons. The topological polar surface area (TPSA) is 78.8 Å². The van der Waals surface area contributed by atoms with Crippen molar-refractivity contribution in [3.05, 3.63) is 64.7 Å². The number of anilines is 1. The third-order valence-electron chi connectivity index (χ3n) is 3.34. The summed E-state index contributed by atoms with van der Waals surface area (Å²) < 4.78 is 25.1. The van der Waals surface area contributed by atoms with Crippen molar-refractivity contribution in [1.82, 2.24) is 5.43 Å². The Bertz CT molecular complexity index is 880. The Hall–Kier alpha value is -2.38. The summed E-state index contributed by atoms with van der Waals surface area (Å²) in [6.07, 6.45) is 2.51. The van der Waals surface area contributed by atoms with Gasteiger partial charge in [-0.05, 0) is 36.2 Å². The predicted molar refractivity (Wildman–Crippen MR) is 101 cm³/mol. The molecular weight excluding hydrogens is 362 g/mol. The van der Waals surface area contributed by atoms with Crippen molar-refractivity contribution in [3.8, 4) is 0 Å². The fourth-order valence-electron chi connectivity index (χ4n) is 2.12. The van der Waals surface area contributed by atoms with Crippen molar-refractivity contribution in [2.75, 3.05) is 17.1 Å². The molecule has 8 heteroatoms. The first kappa shape index (κ1) is 19.0. The number of aryl methyl sites for hydroxylation is 1. The average molecular weight is 380 g/mol. The van der Waals surface area contributed by atoms with Gasteiger partial charge >= 0.3 is 0 Å². The van der Waals surface area contributed by atoms with Crippen LogP contribution in [-0.4, -0.2) is 33.3 Å². The molecule has 25 heavy (non-hydrogen) atoms. The Morgan fingerprint density at radius 1 is 1.20 bits per heavy atom. The summed E-state index contributed by atoms with van der Waals surface area (Å²) in [6, 6.07) is 13.8. The number of nitrogens with one attached hydrogen (secondary N) is 1. The van der Waals surface area contributed by atoms with E-state index < -0.39 is 15.9 Å².